The lowest BCUT2D eigenvalue weighted by Gasteiger charge is -2.06. The highest BCUT2D eigenvalue weighted by Gasteiger charge is 2.17. The van der Waals surface area contributed by atoms with Gasteiger partial charge in [-0.2, -0.15) is 0 Å². The smallest absolute Gasteiger partial charge is 0.236 e. The molecule has 1 N–H and O–H groups in total. The lowest BCUT2D eigenvalue weighted by atomic mass is 10.0. The molecule has 3 aromatic heterocycles. The number of aryl methyl sites for hydroxylation is 2. The summed E-state index contributed by atoms with van der Waals surface area (Å²) in [5.74, 6) is 0.205. The van der Waals surface area contributed by atoms with Gasteiger partial charge in [-0.25, -0.2) is 4.98 Å². The van der Waals surface area contributed by atoms with E-state index < -0.39 is 0 Å². The minimum Gasteiger partial charge on any atom is -0.301 e. The summed E-state index contributed by atoms with van der Waals surface area (Å²) < 4.78 is 2.00. The third-order valence-electron chi connectivity index (χ3n) is 4.67. The number of nitrogens with one attached hydrogen (secondary N) is 1. The molecular formula is C19H17N5OS2. The molecule has 0 radical (unpaired) electrons. The highest BCUT2D eigenvalue weighted by Crippen LogP contribution is 2.30. The first-order chi connectivity index (χ1) is 13.3. The molecule has 6 nitrogen and oxygen atoms in total. The molecule has 136 valence electrons. The molecular weight excluding hydrogens is 378 g/mol. The first-order valence-corrected chi connectivity index (χ1v) is 10.7. The van der Waals surface area contributed by atoms with Crippen molar-refractivity contribution < 1.29 is 4.79 Å². The number of hydrogen-bond donors (Lipinski definition) is 1. The Balaban J connectivity index is 1.33. The molecule has 0 saturated carbocycles. The molecule has 1 aliphatic rings. The molecule has 1 aromatic carbocycles. The number of carbonyl (C=O) groups excluding carboxylic acids is 1. The zero-order valence-corrected chi connectivity index (χ0v) is 16.1. The number of para-hydroxylation sites is 1. The van der Waals surface area contributed by atoms with Gasteiger partial charge in [0.1, 0.15) is 0 Å². The Morgan fingerprint density at radius 3 is 2.96 bits per heavy atom. The van der Waals surface area contributed by atoms with E-state index in [1.165, 1.54) is 29.5 Å². The number of rotatable bonds is 4. The molecule has 1 aliphatic carbocycles. The summed E-state index contributed by atoms with van der Waals surface area (Å²) in [4.78, 5) is 18.3. The third kappa shape index (κ3) is 3.19. The number of carbonyl (C=O) groups is 1. The molecule has 0 aliphatic heterocycles. The van der Waals surface area contributed by atoms with Crippen LogP contribution < -0.4 is 5.32 Å². The van der Waals surface area contributed by atoms with Crippen LogP contribution in [0.3, 0.4) is 0 Å². The van der Waals surface area contributed by atoms with Crippen LogP contribution in [0.5, 0.6) is 0 Å². The molecule has 3 heterocycles. The van der Waals surface area contributed by atoms with Gasteiger partial charge in [0.25, 0.3) is 0 Å². The van der Waals surface area contributed by atoms with Crippen LogP contribution in [-0.2, 0) is 17.6 Å². The highest BCUT2D eigenvalue weighted by molar-refractivity contribution is 7.99. The largest absolute Gasteiger partial charge is 0.301 e. The normalized spacial score (nSPS) is 13.8. The van der Waals surface area contributed by atoms with Gasteiger partial charge >= 0.3 is 0 Å². The van der Waals surface area contributed by atoms with E-state index in [4.69, 9.17) is 0 Å². The third-order valence-corrected chi connectivity index (χ3v) is 6.67. The van der Waals surface area contributed by atoms with Gasteiger partial charge in [0, 0.05) is 4.88 Å². The van der Waals surface area contributed by atoms with Crippen LogP contribution >= 0.6 is 23.1 Å². The summed E-state index contributed by atoms with van der Waals surface area (Å²) >= 11 is 2.99. The summed E-state index contributed by atoms with van der Waals surface area (Å²) in [6.07, 6.45) is 4.51. The number of aromatic nitrogens is 4. The van der Waals surface area contributed by atoms with Crippen LogP contribution in [0.15, 0.2) is 41.6 Å². The number of thioether (sulfide) groups is 1. The van der Waals surface area contributed by atoms with E-state index in [0.717, 1.165) is 40.2 Å². The van der Waals surface area contributed by atoms with Gasteiger partial charge in [-0.05, 0) is 49.3 Å². The highest BCUT2D eigenvalue weighted by atomic mass is 32.2. The van der Waals surface area contributed by atoms with Crippen LogP contribution in [0, 0.1) is 0 Å². The van der Waals surface area contributed by atoms with Crippen molar-refractivity contribution in [2.24, 2.45) is 0 Å². The number of amides is 1. The number of fused-ring (bicyclic) bond motifs is 4. The Morgan fingerprint density at radius 2 is 2.04 bits per heavy atom. The number of nitrogens with zero attached hydrogens (tertiary/aromatic N) is 4. The molecule has 1 amide bonds. The number of benzene rings is 1. The number of thiazole rings is 1. The Morgan fingerprint density at radius 1 is 1.15 bits per heavy atom. The van der Waals surface area contributed by atoms with Gasteiger partial charge in [0.2, 0.25) is 5.91 Å². The van der Waals surface area contributed by atoms with Gasteiger partial charge in [-0.15, -0.1) is 21.5 Å². The molecule has 0 spiro atoms. The summed E-state index contributed by atoms with van der Waals surface area (Å²) in [5, 5.41) is 14.0. The molecule has 0 unspecified atom stereocenters. The summed E-state index contributed by atoms with van der Waals surface area (Å²) in [7, 11) is 0. The van der Waals surface area contributed by atoms with Crippen molar-refractivity contribution in [1.29, 1.82) is 0 Å². The van der Waals surface area contributed by atoms with E-state index in [0.29, 0.717) is 5.13 Å². The maximum absolute atomic E-state index is 12.4. The second-order valence-corrected chi connectivity index (χ2v) is 8.53. The van der Waals surface area contributed by atoms with Crippen molar-refractivity contribution in [3.8, 4) is 0 Å². The molecule has 0 saturated heterocycles. The Hall–Kier alpha value is -2.45. The molecule has 8 heteroatoms. The van der Waals surface area contributed by atoms with E-state index in [2.05, 4.69) is 26.6 Å². The molecule has 0 bridgehead atoms. The average Bonchev–Trinajstić information content (AvgIpc) is 3.29. The van der Waals surface area contributed by atoms with E-state index in [1.807, 2.05) is 34.7 Å². The SMILES string of the molecule is O=C(CSc1nnc2ccc3ccccc3n12)Nc1nc2c(s1)CCCC2. The van der Waals surface area contributed by atoms with E-state index in [9.17, 15) is 4.79 Å². The van der Waals surface area contributed by atoms with Crippen molar-refractivity contribution >= 4 is 50.7 Å². The quantitative estimate of drug-likeness (QED) is 0.530. The topological polar surface area (TPSA) is 72.2 Å². The second-order valence-electron chi connectivity index (χ2n) is 6.50. The minimum atomic E-state index is -0.0666. The number of hydrogen-bond acceptors (Lipinski definition) is 6. The zero-order chi connectivity index (χ0) is 18.2. The molecule has 27 heavy (non-hydrogen) atoms. The van der Waals surface area contributed by atoms with Crippen molar-refractivity contribution in [1.82, 2.24) is 19.6 Å². The average molecular weight is 396 g/mol. The number of anilines is 1. The summed E-state index contributed by atoms with van der Waals surface area (Å²) in [6.45, 7) is 0. The molecule has 4 aromatic rings. The van der Waals surface area contributed by atoms with Gasteiger partial charge in [0.15, 0.2) is 15.9 Å². The van der Waals surface area contributed by atoms with Crippen molar-refractivity contribution in [2.75, 3.05) is 11.1 Å². The number of pyridine rings is 1. The Bertz CT molecular complexity index is 1130. The summed E-state index contributed by atoms with van der Waals surface area (Å²) in [6, 6.07) is 12.1. The summed E-state index contributed by atoms with van der Waals surface area (Å²) in [5.41, 5.74) is 2.98. The van der Waals surface area contributed by atoms with Gasteiger partial charge in [-0.3, -0.25) is 9.20 Å². The maximum Gasteiger partial charge on any atom is 0.236 e. The predicted molar refractivity (Wildman–Crippen MR) is 109 cm³/mol. The molecule has 0 fully saturated rings. The Kier molecular flexibility index (Phi) is 4.29. The lowest BCUT2D eigenvalue weighted by Crippen LogP contribution is -2.14. The minimum absolute atomic E-state index is 0.0666. The fraction of sp³-hybridized carbons (Fsp3) is 0.263. The first-order valence-electron chi connectivity index (χ1n) is 8.92. The van der Waals surface area contributed by atoms with E-state index >= 15 is 0 Å². The fourth-order valence-corrected chi connectivity index (χ4v) is 5.21. The predicted octanol–water partition coefficient (Wildman–Crippen LogP) is 3.95. The van der Waals surface area contributed by atoms with Crippen LogP contribution in [0.25, 0.3) is 16.6 Å². The van der Waals surface area contributed by atoms with Gasteiger partial charge < -0.3 is 5.32 Å². The van der Waals surface area contributed by atoms with E-state index in [1.54, 1.807) is 11.3 Å². The van der Waals surface area contributed by atoms with Crippen molar-refractivity contribution in [3.63, 3.8) is 0 Å². The van der Waals surface area contributed by atoms with Gasteiger partial charge in [-0.1, -0.05) is 30.0 Å². The van der Waals surface area contributed by atoms with Gasteiger partial charge in [0.05, 0.1) is 17.0 Å². The zero-order valence-electron chi connectivity index (χ0n) is 14.5. The van der Waals surface area contributed by atoms with Crippen molar-refractivity contribution in [2.45, 2.75) is 30.8 Å². The monoisotopic (exact) mass is 395 g/mol. The Labute approximate surface area is 164 Å². The maximum atomic E-state index is 12.4. The van der Waals surface area contributed by atoms with Crippen LogP contribution in [-0.4, -0.2) is 31.2 Å². The van der Waals surface area contributed by atoms with Crippen LogP contribution in [0.4, 0.5) is 5.13 Å². The molecule has 5 rings (SSSR count). The standard InChI is InChI=1S/C19H17N5OS2/c25-17(21-18-20-13-6-2-4-8-15(13)27-18)11-26-19-23-22-16-10-9-12-5-1-3-7-14(12)24(16)19/h1,3,5,7,9-10H,2,4,6,8,11H2,(H,20,21,25). The lowest BCUT2D eigenvalue weighted by molar-refractivity contribution is -0.113. The fourth-order valence-electron chi connectivity index (χ4n) is 3.40. The second kappa shape index (κ2) is 6.94. The van der Waals surface area contributed by atoms with Crippen LogP contribution in [0.1, 0.15) is 23.4 Å². The van der Waals surface area contributed by atoms with E-state index in [-0.39, 0.29) is 11.7 Å². The van der Waals surface area contributed by atoms with Crippen LogP contribution in [0.2, 0.25) is 0 Å². The first kappa shape index (κ1) is 16.7. The molecule has 0 atom stereocenters. The van der Waals surface area contributed by atoms with Crippen molar-refractivity contribution in [3.05, 3.63) is 47.0 Å².